The van der Waals surface area contributed by atoms with Gasteiger partial charge < -0.3 is 39.7 Å². The van der Waals surface area contributed by atoms with Crippen molar-refractivity contribution < 1.29 is 44.5 Å². The number of fused-ring (bicyclic) bond motifs is 8. The van der Waals surface area contributed by atoms with Crippen molar-refractivity contribution in [2.75, 3.05) is 0 Å². The maximum Gasteiger partial charge on any atom is 0.318 e. The Bertz CT molecular complexity index is 1770. The van der Waals surface area contributed by atoms with Gasteiger partial charge in [-0.3, -0.25) is 4.79 Å². The van der Waals surface area contributed by atoms with E-state index in [-0.39, 0.29) is 52.2 Å². The Morgan fingerprint density at radius 2 is 1.64 bits per heavy atom. The average molecular weight is 571 g/mol. The number of hydrogen-bond donors (Lipinski definition) is 5. The lowest BCUT2D eigenvalue weighted by Crippen LogP contribution is -2.62. The zero-order valence-electron chi connectivity index (χ0n) is 23.3. The molecule has 3 aromatic rings. The molecule has 7 rings (SSSR count). The van der Waals surface area contributed by atoms with E-state index in [0.29, 0.717) is 29.7 Å². The van der Waals surface area contributed by atoms with Crippen molar-refractivity contribution in [3.05, 3.63) is 82.4 Å². The maximum atomic E-state index is 14.2. The molecule has 1 aliphatic carbocycles. The molecule has 4 aliphatic rings. The van der Waals surface area contributed by atoms with Crippen molar-refractivity contribution in [2.45, 2.75) is 62.9 Å². The highest BCUT2D eigenvalue weighted by Crippen LogP contribution is 2.60. The van der Waals surface area contributed by atoms with Crippen molar-refractivity contribution in [1.29, 1.82) is 0 Å². The standard InChI is InChI=1S/C33H30O9/c1-16(2)8-9-32-22-7-5-20(35)12-25(22)42-33(32,39)30(38)28-26(41-32)13-23(36)27(29(28)37)18-10-17-14-31(3,15-18)40-24-11-19(34)4-6-21(17)24/h4-8,11-13,15,17,34-37,39H,9-10,14H2,1-3H3/t17-,31+,32-,33-/m1/s1. The summed E-state index contributed by atoms with van der Waals surface area (Å²) in [6, 6.07) is 10.5. The number of hydrogen-bond acceptors (Lipinski definition) is 9. The first-order valence-corrected chi connectivity index (χ1v) is 13.8. The predicted octanol–water partition coefficient (Wildman–Crippen LogP) is 5.53. The molecule has 0 saturated heterocycles. The van der Waals surface area contributed by atoms with Crippen molar-refractivity contribution >= 4 is 11.4 Å². The monoisotopic (exact) mass is 570 g/mol. The summed E-state index contributed by atoms with van der Waals surface area (Å²) in [5.74, 6) is -3.86. The normalized spacial score (nSPS) is 28.1. The average Bonchev–Trinajstić information content (AvgIpc) is 3.14. The maximum absolute atomic E-state index is 14.2. The fraction of sp³-hybridized carbons (Fsp3) is 0.303. The molecule has 0 amide bonds. The number of phenolic OH excluding ortho intramolecular Hbond substituents is 4. The Kier molecular flexibility index (Phi) is 5.29. The molecular formula is C33H30O9. The minimum atomic E-state index is -2.57. The molecule has 42 heavy (non-hydrogen) atoms. The van der Waals surface area contributed by atoms with Gasteiger partial charge in [0.15, 0.2) is 0 Å². The van der Waals surface area contributed by atoms with Crippen LogP contribution in [0, 0.1) is 0 Å². The first-order chi connectivity index (χ1) is 19.8. The second-order valence-electron chi connectivity index (χ2n) is 12.1. The van der Waals surface area contributed by atoms with Gasteiger partial charge in [0.25, 0.3) is 0 Å². The third-order valence-electron chi connectivity index (χ3n) is 8.76. The summed E-state index contributed by atoms with van der Waals surface area (Å²) in [4.78, 5) is 14.2. The first-order valence-electron chi connectivity index (χ1n) is 13.8. The van der Waals surface area contributed by atoms with Gasteiger partial charge in [0.05, 0.1) is 5.56 Å². The van der Waals surface area contributed by atoms with Crippen LogP contribution in [0.2, 0.25) is 0 Å². The summed E-state index contributed by atoms with van der Waals surface area (Å²) in [5, 5.41) is 54.9. The molecule has 9 heteroatoms. The molecule has 3 aromatic carbocycles. The molecular weight excluding hydrogens is 540 g/mol. The number of carbonyl (C=O) groups is 1. The van der Waals surface area contributed by atoms with E-state index >= 15 is 0 Å². The smallest absolute Gasteiger partial charge is 0.318 e. The van der Waals surface area contributed by atoms with Crippen LogP contribution >= 0.6 is 0 Å². The summed E-state index contributed by atoms with van der Waals surface area (Å²) in [5.41, 5.74) is -0.106. The highest BCUT2D eigenvalue weighted by Gasteiger charge is 2.69. The van der Waals surface area contributed by atoms with Crippen LogP contribution in [0.5, 0.6) is 40.2 Å². The summed E-state index contributed by atoms with van der Waals surface area (Å²) in [7, 11) is 0. The molecule has 3 aliphatic heterocycles. The molecule has 0 spiro atoms. The van der Waals surface area contributed by atoms with Gasteiger partial charge in [-0.2, -0.15) is 0 Å². The third-order valence-corrected chi connectivity index (χ3v) is 8.76. The van der Waals surface area contributed by atoms with Gasteiger partial charge in [0, 0.05) is 30.2 Å². The Balaban J connectivity index is 1.37. The van der Waals surface area contributed by atoms with Gasteiger partial charge in [-0.15, -0.1) is 0 Å². The van der Waals surface area contributed by atoms with E-state index < -0.39 is 28.5 Å². The number of benzene rings is 3. The van der Waals surface area contributed by atoms with E-state index in [4.69, 9.17) is 14.2 Å². The topological polar surface area (TPSA) is 146 Å². The summed E-state index contributed by atoms with van der Waals surface area (Å²) < 4.78 is 18.5. The number of allylic oxidation sites excluding steroid dienone is 2. The molecule has 3 heterocycles. The van der Waals surface area contributed by atoms with Gasteiger partial charge in [0.1, 0.15) is 51.4 Å². The molecule has 0 aromatic heterocycles. The first kappa shape index (κ1) is 26.3. The van der Waals surface area contributed by atoms with Gasteiger partial charge in [-0.25, -0.2) is 0 Å². The Morgan fingerprint density at radius 3 is 2.38 bits per heavy atom. The van der Waals surface area contributed by atoms with Gasteiger partial charge in [-0.05, 0) is 74.9 Å². The number of ketones is 1. The van der Waals surface area contributed by atoms with Crippen LogP contribution in [0.3, 0.4) is 0 Å². The lowest BCUT2D eigenvalue weighted by atomic mass is 9.72. The zero-order valence-corrected chi connectivity index (χ0v) is 23.3. The van der Waals surface area contributed by atoms with Crippen LogP contribution in [0.1, 0.15) is 73.0 Å². The van der Waals surface area contributed by atoms with Crippen LogP contribution in [-0.2, 0) is 5.60 Å². The molecule has 5 N–H and O–H groups in total. The van der Waals surface area contributed by atoms with E-state index in [1.54, 1.807) is 24.3 Å². The number of Topliss-reactive ketones (excluding diaryl/α,β-unsaturated/α-hetero) is 1. The minimum absolute atomic E-state index is 0.0373. The Labute approximate surface area is 241 Å². The molecule has 216 valence electrons. The van der Waals surface area contributed by atoms with E-state index in [1.165, 1.54) is 24.3 Å². The van der Waals surface area contributed by atoms with E-state index in [1.807, 2.05) is 26.8 Å². The number of carbonyl (C=O) groups excluding carboxylic acids is 1. The highest BCUT2D eigenvalue weighted by atomic mass is 16.7. The van der Waals surface area contributed by atoms with Crippen LogP contribution in [0.25, 0.3) is 5.57 Å². The molecule has 9 nitrogen and oxygen atoms in total. The second kappa shape index (κ2) is 8.45. The number of ether oxygens (including phenoxy) is 3. The summed E-state index contributed by atoms with van der Waals surface area (Å²) in [6.45, 7) is 5.61. The van der Waals surface area contributed by atoms with Gasteiger partial charge in [0.2, 0.25) is 11.4 Å². The highest BCUT2D eigenvalue weighted by molar-refractivity contribution is 6.10. The lowest BCUT2D eigenvalue weighted by molar-refractivity contribution is -0.201. The molecule has 0 radical (unpaired) electrons. The molecule has 4 atom stereocenters. The van der Waals surface area contributed by atoms with E-state index in [0.717, 1.165) is 11.1 Å². The largest absolute Gasteiger partial charge is 0.508 e. The van der Waals surface area contributed by atoms with Crippen LogP contribution in [0.15, 0.2) is 60.2 Å². The van der Waals surface area contributed by atoms with E-state index in [2.05, 4.69) is 0 Å². The van der Waals surface area contributed by atoms with Gasteiger partial charge in [-0.1, -0.05) is 17.7 Å². The number of aromatic hydroxyl groups is 4. The predicted molar refractivity (Wildman–Crippen MR) is 151 cm³/mol. The van der Waals surface area contributed by atoms with Crippen molar-refractivity contribution in [1.82, 2.24) is 0 Å². The molecule has 0 fully saturated rings. The minimum Gasteiger partial charge on any atom is -0.508 e. The van der Waals surface area contributed by atoms with Gasteiger partial charge >= 0.3 is 5.79 Å². The van der Waals surface area contributed by atoms with Crippen molar-refractivity contribution in [3.63, 3.8) is 0 Å². The van der Waals surface area contributed by atoms with Crippen LogP contribution in [0.4, 0.5) is 0 Å². The third kappa shape index (κ3) is 3.49. The van der Waals surface area contributed by atoms with Crippen LogP contribution < -0.4 is 14.2 Å². The van der Waals surface area contributed by atoms with E-state index in [9.17, 15) is 30.3 Å². The molecule has 0 unspecified atom stereocenters. The Morgan fingerprint density at radius 1 is 0.929 bits per heavy atom. The SMILES string of the molecule is CC(C)=CC[C@]12Oc3cc(O)c(C4=C[C@]5(C)C[C@@H](C4)c4ccc(O)cc4O5)c(O)c3C(=O)[C@@]1(O)Oc1cc(O)ccc12. The summed E-state index contributed by atoms with van der Waals surface area (Å²) in [6.07, 6.45) is 4.71. The Hall–Kier alpha value is -4.63. The molecule has 2 bridgehead atoms. The fourth-order valence-electron chi connectivity index (χ4n) is 6.93. The number of aliphatic hydroxyl groups is 1. The lowest BCUT2D eigenvalue weighted by Gasteiger charge is -2.44. The number of phenols is 4. The second-order valence-corrected chi connectivity index (χ2v) is 12.1. The zero-order chi connectivity index (χ0) is 29.8. The molecule has 0 saturated carbocycles. The van der Waals surface area contributed by atoms with Crippen molar-refractivity contribution in [2.24, 2.45) is 0 Å². The quantitative estimate of drug-likeness (QED) is 0.257. The van der Waals surface area contributed by atoms with Crippen molar-refractivity contribution in [3.8, 4) is 40.2 Å². The number of rotatable bonds is 3. The fourth-order valence-corrected chi connectivity index (χ4v) is 6.93. The van der Waals surface area contributed by atoms with Crippen LogP contribution in [-0.4, -0.2) is 42.7 Å². The summed E-state index contributed by atoms with van der Waals surface area (Å²) >= 11 is 0.